The van der Waals surface area contributed by atoms with Crippen molar-refractivity contribution in [3.05, 3.63) is 35.9 Å². The Balaban J connectivity index is 1.42. The molecule has 0 radical (unpaired) electrons. The molecule has 21 heavy (non-hydrogen) atoms. The number of ether oxygens (including phenoxy) is 1. The molecule has 1 atom stereocenters. The van der Waals surface area contributed by atoms with Crippen molar-refractivity contribution in [2.24, 2.45) is 5.92 Å². The summed E-state index contributed by atoms with van der Waals surface area (Å²) >= 11 is 0. The average molecular weight is 287 g/mol. The summed E-state index contributed by atoms with van der Waals surface area (Å²) in [6, 6.07) is 10.6. The van der Waals surface area contributed by atoms with E-state index in [4.69, 9.17) is 4.74 Å². The number of carbonyl (C=O) groups excluding carboxylic acids is 1. The van der Waals surface area contributed by atoms with Gasteiger partial charge in [0, 0.05) is 19.0 Å². The van der Waals surface area contributed by atoms with Crippen LogP contribution < -0.4 is 0 Å². The highest BCUT2D eigenvalue weighted by Gasteiger charge is 2.32. The molecule has 1 aliphatic carbocycles. The third kappa shape index (κ3) is 3.85. The average Bonchev–Trinajstić information content (AvgIpc) is 2.47. The van der Waals surface area contributed by atoms with Crippen LogP contribution in [-0.2, 0) is 16.0 Å². The molecule has 1 aromatic carbocycles. The molecule has 0 unspecified atom stereocenters. The molecular weight excluding hydrogens is 262 g/mol. The fraction of sp³-hybridized carbons (Fsp3) is 0.611. The summed E-state index contributed by atoms with van der Waals surface area (Å²) in [6.45, 7) is 2.28. The van der Waals surface area contributed by atoms with E-state index in [1.807, 2.05) is 4.90 Å². The summed E-state index contributed by atoms with van der Waals surface area (Å²) in [6.07, 6.45) is 6.90. The predicted octanol–water partition coefficient (Wildman–Crippen LogP) is 3.04. The fourth-order valence-electron chi connectivity index (χ4n) is 3.19. The van der Waals surface area contributed by atoms with Crippen LogP contribution in [0.3, 0.4) is 0 Å². The molecule has 0 bridgehead atoms. The molecule has 3 nitrogen and oxygen atoms in total. The Morgan fingerprint density at radius 1 is 1.24 bits per heavy atom. The number of nitrogens with zero attached hydrogens (tertiary/aromatic N) is 1. The third-order valence-electron chi connectivity index (χ3n) is 4.74. The maximum Gasteiger partial charge on any atom is 0.225 e. The lowest BCUT2D eigenvalue weighted by Gasteiger charge is -2.37. The number of aryl methyl sites for hydroxylation is 1. The first-order chi connectivity index (χ1) is 10.3. The summed E-state index contributed by atoms with van der Waals surface area (Å²) in [5.74, 6) is 0.686. The van der Waals surface area contributed by atoms with Crippen molar-refractivity contribution in [3.63, 3.8) is 0 Å². The van der Waals surface area contributed by atoms with E-state index in [0.717, 1.165) is 45.2 Å². The molecule has 0 spiro atoms. The van der Waals surface area contributed by atoms with E-state index in [0.29, 0.717) is 18.4 Å². The van der Waals surface area contributed by atoms with E-state index in [-0.39, 0.29) is 6.10 Å². The Hall–Kier alpha value is -1.35. The first-order valence-corrected chi connectivity index (χ1v) is 8.27. The standard InChI is InChI=1S/C18H25NO2/c20-18(16-9-5-10-16)19-12-13-21-17(14-19)11-4-8-15-6-2-1-3-7-15/h1-3,6-7,16-17H,4-5,8-14H2/t17-/m0/s1. The summed E-state index contributed by atoms with van der Waals surface area (Å²) in [5, 5.41) is 0. The van der Waals surface area contributed by atoms with Crippen LogP contribution >= 0.6 is 0 Å². The second kappa shape index (κ2) is 7.08. The van der Waals surface area contributed by atoms with Gasteiger partial charge in [-0.2, -0.15) is 0 Å². The lowest BCUT2D eigenvalue weighted by atomic mass is 9.84. The Morgan fingerprint density at radius 3 is 2.76 bits per heavy atom. The molecule has 0 N–H and O–H groups in total. The molecule has 1 aliphatic heterocycles. The molecule has 1 heterocycles. The van der Waals surface area contributed by atoms with Crippen molar-refractivity contribution in [3.8, 4) is 0 Å². The monoisotopic (exact) mass is 287 g/mol. The quantitative estimate of drug-likeness (QED) is 0.833. The van der Waals surface area contributed by atoms with Crippen LogP contribution in [-0.4, -0.2) is 36.6 Å². The van der Waals surface area contributed by atoms with E-state index in [9.17, 15) is 4.79 Å². The van der Waals surface area contributed by atoms with Gasteiger partial charge in [-0.3, -0.25) is 4.79 Å². The van der Waals surface area contributed by atoms with Crippen molar-refractivity contribution in [2.75, 3.05) is 19.7 Å². The maximum atomic E-state index is 12.3. The topological polar surface area (TPSA) is 29.5 Å². The van der Waals surface area contributed by atoms with Crippen molar-refractivity contribution >= 4 is 5.91 Å². The Labute approximate surface area is 127 Å². The smallest absolute Gasteiger partial charge is 0.225 e. The van der Waals surface area contributed by atoms with Crippen molar-refractivity contribution in [2.45, 2.75) is 44.6 Å². The molecule has 1 saturated heterocycles. The second-order valence-electron chi connectivity index (χ2n) is 6.28. The zero-order valence-electron chi connectivity index (χ0n) is 12.7. The van der Waals surface area contributed by atoms with Gasteiger partial charge in [-0.15, -0.1) is 0 Å². The SMILES string of the molecule is O=C(C1CCC1)N1CCO[C@@H](CCCc2ccccc2)C1. The molecule has 1 aromatic rings. The van der Waals surface area contributed by atoms with Gasteiger partial charge in [0.1, 0.15) is 0 Å². The Morgan fingerprint density at radius 2 is 2.05 bits per heavy atom. The fourth-order valence-corrected chi connectivity index (χ4v) is 3.19. The van der Waals surface area contributed by atoms with Crippen molar-refractivity contribution in [1.82, 2.24) is 4.90 Å². The normalized spacial score (nSPS) is 22.9. The zero-order valence-corrected chi connectivity index (χ0v) is 12.7. The van der Waals surface area contributed by atoms with Gasteiger partial charge in [0.05, 0.1) is 12.7 Å². The van der Waals surface area contributed by atoms with Gasteiger partial charge in [-0.1, -0.05) is 36.8 Å². The summed E-state index contributed by atoms with van der Waals surface area (Å²) in [7, 11) is 0. The van der Waals surface area contributed by atoms with Crippen LogP contribution in [0.25, 0.3) is 0 Å². The predicted molar refractivity (Wildman–Crippen MR) is 83.0 cm³/mol. The Bertz CT molecular complexity index is 456. The molecule has 2 aliphatic rings. The minimum atomic E-state index is 0.228. The van der Waals surface area contributed by atoms with Gasteiger partial charge in [0.15, 0.2) is 0 Å². The van der Waals surface area contributed by atoms with Gasteiger partial charge >= 0.3 is 0 Å². The summed E-state index contributed by atoms with van der Waals surface area (Å²) in [5.41, 5.74) is 1.38. The molecule has 2 fully saturated rings. The van der Waals surface area contributed by atoms with E-state index in [2.05, 4.69) is 30.3 Å². The molecule has 1 amide bonds. The van der Waals surface area contributed by atoms with Crippen LogP contribution in [0.5, 0.6) is 0 Å². The first-order valence-electron chi connectivity index (χ1n) is 8.27. The highest BCUT2D eigenvalue weighted by molar-refractivity contribution is 5.79. The van der Waals surface area contributed by atoms with Gasteiger partial charge < -0.3 is 9.64 Å². The van der Waals surface area contributed by atoms with E-state index in [1.54, 1.807) is 0 Å². The number of hydrogen-bond donors (Lipinski definition) is 0. The van der Waals surface area contributed by atoms with Crippen LogP contribution in [0.1, 0.15) is 37.7 Å². The minimum absolute atomic E-state index is 0.228. The largest absolute Gasteiger partial charge is 0.375 e. The summed E-state index contributed by atoms with van der Waals surface area (Å²) in [4.78, 5) is 14.3. The van der Waals surface area contributed by atoms with Gasteiger partial charge in [-0.05, 0) is 37.7 Å². The number of carbonyl (C=O) groups is 1. The highest BCUT2D eigenvalue weighted by Crippen LogP contribution is 2.29. The number of amides is 1. The molecule has 0 aromatic heterocycles. The van der Waals surface area contributed by atoms with Crippen LogP contribution in [0.4, 0.5) is 0 Å². The molecule has 3 heteroatoms. The molecule has 1 saturated carbocycles. The Kier molecular flexibility index (Phi) is 4.91. The lowest BCUT2D eigenvalue weighted by Crippen LogP contribution is -2.48. The third-order valence-corrected chi connectivity index (χ3v) is 4.74. The van der Waals surface area contributed by atoms with Gasteiger partial charge in [0.2, 0.25) is 5.91 Å². The maximum absolute atomic E-state index is 12.3. The lowest BCUT2D eigenvalue weighted by molar-refractivity contribution is -0.146. The van der Waals surface area contributed by atoms with Crippen LogP contribution in [0.15, 0.2) is 30.3 Å². The number of hydrogen-bond acceptors (Lipinski definition) is 2. The van der Waals surface area contributed by atoms with Crippen LogP contribution in [0, 0.1) is 5.92 Å². The number of rotatable bonds is 5. The summed E-state index contributed by atoms with van der Waals surface area (Å²) < 4.78 is 5.83. The van der Waals surface area contributed by atoms with E-state index < -0.39 is 0 Å². The number of morpholine rings is 1. The van der Waals surface area contributed by atoms with E-state index >= 15 is 0 Å². The zero-order chi connectivity index (χ0) is 14.5. The highest BCUT2D eigenvalue weighted by atomic mass is 16.5. The molecule has 114 valence electrons. The van der Waals surface area contributed by atoms with Crippen molar-refractivity contribution in [1.29, 1.82) is 0 Å². The molecule has 3 rings (SSSR count). The van der Waals surface area contributed by atoms with Crippen LogP contribution in [0.2, 0.25) is 0 Å². The molecular formula is C18H25NO2. The van der Waals surface area contributed by atoms with Gasteiger partial charge in [0.25, 0.3) is 0 Å². The second-order valence-corrected chi connectivity index (χ2v) is 6.28. The minimum Gasteiger partial charge on any atom is -0.375 e. The first kappa shape index (κ1) is 14.6. The van der Waals surface area contributed by atoms with Gasteiger partial charge in [-0.25, -0.2) is 0 Å². The number of benzene rings is 1. The van der Waals surface area contributed by atoms with E-state index in [1.165, 1.54) is 12.0 Å². The van der Waals surface area contributed by atoms with Crippen molar-refractivity contribution < 1.29 is 9.53 Å².